The highest BCUT2D eigenvalue weighted by atomic mass is 28.3. The van der Waals surface area contributed by atoms with E-state index >= 15 is 0 Å². The van der Waals surface area contributed by atoms with E-state index in [1.807, 2.05) is 6.92 Å². The van der Waals surface area contributed by atoms with Crippen LogP contribution >= 0.6 is 0 Å². The Morgan fingerprint density at radius 2 is 1.96 bits per heavy atom. The van der Waals surface area contributed by atoms with Crippen LogP contribution in [0.4, 0.5) is 0 Å². The maximum absolute atomic E-state index is 12.8. The van der Waals surface area contributed by atoms with Crippen molar-refractivity contribution in [2.75, 3.05) is 13.2 Å². The highest BCUT2D eigenvalue weighted by molar-refractivity contribution is 6.76. The standard InChI is InChI=1S/C19H28N2O4Si/c1-6-14-10-16-17(11-15(12-20-16)19(23)25-7-2)21(18(14)22)13-24-8-9-26(3,4)5/h10-12H,6-9,13H2,1-5H3. The molecule has 0 amide bonds. The van der Waals surface area contributed by atoms with Gasteiger partial charge in [0, 0.05) is 26.4 Å². The van der Waals surface area contributed by atoms with Crippen LogP contribution < -0.4 is 5.56 Å². The van der Waals surface area contributed by atoms with E-state index in [4.69, 9.17) is 9.47 Å². The number of pyridine rings is 2. The molecule has 0 aliphatic heterocycles. The molecule has 6 nitrogen and oxygen atoms in total. The molecule has 0 aliphatic carbocycles. The average Bonchev–Trinajstić information content (AvgIpc) is 2.58. The summed E-state index contributed by atoms with van der Waals surface area (Å²) < 4.78 is 12.4. The first kappa shape index (κ1) is 20.3. The van der Waals surface area contributed by atoms with E-state index in [0.717, 1.165) is 6.04 Å². The third kappa shape index (κ3) is 5.01. The molecule has 7 heteroatoms. The lowest BCUT2D eigenvalue weighted by molar-refractivity contribution is 0.0525. The number of hydrogen-bond acceptors (Lipinski definition) is 5. The number of carbonyl (C=O) groups is 1. The van der Waals surface area contributed by atoms with Gasteiger partial charge in [0.25, 0.3) is 5.56 Å². The van der Waals surface area contributed by atoms with Gasteiger partial charge in [-0.1, -0.05) is 26.6 Å². The molecule has 0 unspecified atom stereocenters. The van der Waals surface area contributed by atoms with Gasteiger partial charge in [0.15, 0.2) is 0 Å². The summed E-state index contributed by atoms with van der Waals surface area (Å²) in [7, 11) is -1.20. The lowest BCUT2D eigenvalue weighted by Crippen LogP contribution is -2.27. The van der Waals surface area contributed by atoms with Crippen LogP contribution in [-0.2, 0) is 22.6 Å². The van der Waals surface area contributed by atoms with E-state index in [0.29, 0.717) is 35.2 Å². The smallest absolute Gasteiger partial charge is 0.339 e. The fraction of sp³-hybridized carbons (Fsp3) is 0.526. The number of aromatic nitrogens is 2. The fourth-order valence-corrected chi connectivity index (χ4v) is 3.30. The Labute approximate surface area is 155 Å². The maximum Gasteiger partial charge on any atom is 0.339 e. The summed E-state index contributed by atoms with van der Waals surface area (Å²) >= 11 is 0. The molecular formula is C19H28N2O4Si. The molecule has 26 heavy (non-hydrogen) atoms. The quantitative estimate of drug-likeness (QED) is 0.401. The van der Waals surface area contributed by atoms with Gasteiger partial charge in [-0.25, -0.2) is 4.79 Å². The molecule has 2 aromatic rings. The second kappa shape index (κ2) is 8.59. The molecule has 0 aromatic carbocycles. The lowest BCUT2D eigenvalue weighted by Gasteiger charge is -2.17. The number of fused-ring (bicyclic) bond motifs is 1. The van der Waals surface area contributed by atoms with E-state index < -0.39 is 14.0 Å². The van der Waals surface area contributed by atoms with Crippen LogP contribution in [0.15, 0.2) is 23.1 Å². The van der Waals surface area contributed by atoms with Crippen molar-refractivity contribution >= 4 is 25.1 Å². The van der Waals surface area contributed by atoms with Crippen molar-refractivity contribution in [3.63, 3.8) is 0 Å². The number of aryl methyl sites for hydroxylation is 1. The highest BCUT2D eigenvalue weighted by Gasteiger charge is 2.15. The SMILES string of the molecule is CCOC(=O)c1cnc2cc(CC)c(=O)n(COCC[Si](C)(C)C)c2c1. The molecule has 0 saturated heterocycles. The van der Waals surface area contributed by atoms with E-state index in [9.17, 15) is 9.59 Å². The van der Waals surface area contributed by atoms with E-state index in [-0.39, 0.29) is 18.9 Å². The molecule has 2 rings (SSSR count). The van der Waals surface area contributed by atoms with Gasteiger partial charge >= 0.3 is 5.97 Å². The third-order valence-electron chi connectivity index (χ3n) is 4.13. The largest absolute Gasteiger partial charge is 0.462 e. The van der Waals surface area contributed by atoms with Gasteiger partial charge in [0.05, 0.1) is 23.2 Å². The Bertz CT molecular complexity index is 840. The molecule has 0 saturated carbocycles. The fourth-order valence-electron chi connectivity index (χ4n) is 2.54. The molecule has 0 spiro atoms. The van der Waals surface area contributed by atoms with Gasteiger partial charge < -0.3 is 9.47 Å². The Kier molecular flexibility index (Phi) is 6.72. The van der Waals surface area contributed by atoms with Gasteiger partial charge in [0.2, 0.25) is 0 Å². The molecule has 0 N–H and O–H groups in total. The minimum absolute atomic E-state index is 0.101. The first-order valence-electron chi connectivity index (χ1n) is 9.04. The summed E-state index contributed by atoms with van der Waals surface area (Å²) in [5, 5.41) is 0. The van der Waals surface area contributed by atoms with Crippen LogP contribution in [0.1, 0.15) is 29.8 Å². The Morgan fingerprint density at radius 3 is 2.58 bits per heavy atom. The molecule has 142 valence electrons. The monoisotopic (exact) mass is 376 g/mol. The predicted molar refractivity (Wildman–Crippen MR) is 105 cm³/mol. The molecule has 0 radical (unpaired) electrons. The number of hydrogen-bond donors (Lipinski definition) is 0. The van der Waals surface area contributed by atoms with Crippen LogP contribution in [0.25, 0.3) is 11.0 Å². The zero-order valence-electron chi connectivity index (χ0n) is 16.3. The highest BCUT2D eigenvalue weighted by Crippen LogP contribution is 2.15. The summed E-state index contributed by atoms with van der Waals surface area (Å²) in [5.74, 6) is -0.444. The molecule has 0 fully saturated rings. The van der Waals surface area contributed by atoms with E-state index in [1.165, 1.54) is 6.20 Å². The van der Waals surface area contributed by atoms with Gasteiger partial charge in [0.1, 0.15) is 6.73 Å². The molecule has 2 aromatic heterocycles. The number of carbonyl (C=O) groups excluding carboxylic acids is 1. The first-order valence-corrected chi connectivity index (χ1v) is 12.7. The lowest BCUT2D eigenvalue weighted by atomic mass is 10.1. The zero-order chi connectivity index (χ0) is 19.3. The van der Waals surface area contributed by atoms with Crippen molar-refractivity contribution < 1.29 is 14.3 Å². The summed E-state index contributed by atoms with van der Waals surface area (Å²) in [5.41, 5.74) is 2.17. The summed E-state index contributed by atoms with van der Waals surface area (Å²) in [6.07, 6.45) is 2.10. The van der Waals surface area contributed by atoms with Crippen LogP contribution in [0.3, 0.4) is 0 Å². The van der Waals surface area contributed by atoms with Gasteiger partial charge in [-0.05, 0) is 31.5 Å². The van der Waals surface area contributed by atoms with Crippen molar-refractivity contribution in [1.82, 2.24) is 9.55 Å². The van der Waals surface area contributed by atoms with Crippen molar-refractivity contribution in [3.05, 3.63) is 39.8 Å². The molecule has 0 bridgehead atoms. The second-order valence-electron chi connectivity index (χ2n) is 7.45. The minimum atomic E-state index is -1.20. The second-order valence-corrected chi connectivity index (χ2v) is 13.1. The normalized spacial score (nSPS) is 11.7. The topological polar surface area (TPSA) is 70.4 Å². The minimum Gasteiger partial charge on any atom is -0.462 e. The van der Waals surface area contributed by atoms with E-state index in [2.05, 4.69) is 24.6 Å². The van der Waals surface area contributed by atoms with Crippen molar-refractivity contribution in [1.29, 1.82) is 0 Å². The number of rotatable bonds is 8. The summed E-state index contributed by atoms with van der Waals surface area (Å²) in [6, 6.07) is 4.47. The predicted octanol–water partition coefficient (Wildman–Crippen LogP) is 3.45. The van der Waals surface area contributed by atoms with E-state index in [1.54, 1.807) is 23.6 Å². The van der Waals surface area contributed by atoms with Crippen LogP contribution in [-0.4, -0.2) is 36.8 Å². The molecular weight excluding hydrogens is 348 g/mol. The zero-order valence-corrected chi connectivity index (χ0v) is 17.3. The summed E-state index contributed by atoms with van der Waals surface area (Å²) in [6.45, 7) is 11.6. The molecule has 2 heterocycles. The number of ether oxygens (including phenoxy) is 2. The maximum atomic E-state index is 12.8. The Hall–Kier alpha value is -1.99. The summed E-state index contributed by atoms with van der Waals surface area (Å²) in [4.78, 5) is 29.1. The Balaban J connectivity index is 2.39. The average molecular weight is 377 g/mol. The third-order valence-corrected chi connectivity index (χ3v) is 5.83. The van der Waals surface area contributed by atoms with Crippen LogP contribution in [0.5, 0.6) is 0 Å². The van der Waals surface area contributed by atoms with Gasteiger partial charge in [-0.2, -0.15) is 0 Å². The first-order chi connectivity index (χ1) is 12.3. The van der Waals surface area contributed by atoms with Gasteiger partial charge in [-0.3, -0.25) is 14.3 Å². The number of esters is 1. The van der Waals surface area contributed by atoms with Crippen LogP contribution in [0, 0.1) is 0 Å². The molecule has 0 aliphatic rings. The van der Waals surface area contributed by atoms with Crippen molar-refractivity contribution in [3.8, 4) is 0 Å². The van der Waals surface area contributed by atoms with Gasteiger partial charge in [-0.15, -0.1) is 0 Å². The van der Waals surface area contributed by atoms with Crippen LogP contribution in [0.2, 0.25) is 25.7 Å². The molecule has 0 atom stereocenters. The number of nitrogens with zero attached hydrogens (tertiary/aromatic N) is 2. The van der Waals surface area contributed by atoms with Crippen molar-refractivity contribution in [2.24, 2.45) is 0 Å². The Morgan fingerprint density at radius 1 is 1.23 bits per heavy atom. The van der Waals surface area contributed by atoms with Crippen molar-refractivity contribution in [2.45, 2.75) is 52.7 Å².